The largest absolute Gasteiger partial charge is 0.480 e. The fraction of sp³-hybridized carbons (Fsp3) is 0.467. The van der Waals surface area contributed by atoms with Crippen LogP contribution in [0.15, 0.2) is 30.3 Å². The highest BCUT2D eigenvalue weighted by Crippen LogP contribution is 2.43. The average Bonchev–Trinajstić information content (AvgIpc) is 2.34. The molecule has 102 valence electrons. The van der Waals surface area contributed by atoms with Crippen molar-refractivity contribution >= 4 is 11.9 Å². The third kappa shape index (κ3) is 3.56. The first-order chi connectivity index (χ1) is 9.06. The van der Waals surface area contributed by atoms with Crippen LogP contribution < -0.4 is 5.32 Å². The van der Waals surface area contributed by atoms with Gasteiger partial charge in [0.25, 0.3) is 0 Å². The molecule has 19 heavy (non-hydrogen) atoms. The van der Waals surface area contributed by atoms with Gasteiger partial charge in [0.2, 0.25) is 5.91 Å². The first-order valence-electron chi connectivity index (χ1n) is 6.63. The van der Waals surface area contributed by atoms with E-state index in [0.717, 1.165) is 12.8 Å². The number of benzene rings is 1. The van der Waals surface area contributed by atoms with E-state index in [1.165, 1.54) is 12.5 Å². The summed E-state index contributed by atoms with van der Waals surface area (Å²) >= 11 is 0. The summed E-state index contributed by atoms with van der Waals surface area (Å²) in [5, 5.41) is 11.2. The molecule has 4 nitrogen and oxygen atoms in total. The van der Waals surface area contributed by atoms with Crippen molar-refractivity contribution in [3.63, 3.8) is 0 Å². The Balaban J connectivity index is 1.73. The van der Waals surface area contributed by atoms with Gasteiger partial charge in [-0.2, -0.15) is 0 Å². The van der Waals surface area contributed by atoms with Crippen molar-refractivity contribution in [2.24, 2.45) is 5.92 Å². The summed E-state index contributed by atoms with van der Waals surface area (Å²) in [5.41, 5.74) is 1.33. The van der Waals surface area contributed by atoms with Crippen LogP contribution in [-0.4, -0.2) is 23.0 Å². The van der Waals surface area contributed by atoms with Crippen molar-refractivity contribution in [1.29, 1.82) is 0 Å². The van der Waals surface area contributed by atoms with Crippen LogP contribution in [0.1, 0.15) is 37.7 Å². The normalized spacial score (nSPS) is 23.2. The van der Waals surface area contributed by atoms with Gasteiger partial charge in [0.15, 0.2) is 0 Å². The van der Waals surface area contributed by atoms with Gasteiger partial charge in [-0.1, -0.05) is 30.3 Å². The molecular formula is C15H19NO3. The zero-order valence-electron chi connectivity index (χ0n) is 11.0. The molecule has 2 rings (SSSR count). The molecule has 1 aliphatic carbocycles. The van der Waals surface area contributed by atoms with Crippen LogP contribution in [0.4, 0.5) is 0 Å². The van der Waals surface area contributed by atoms with Crippen LogP contribution in [0.2, 0.25) is 0 Å². The van der Waals surface area contributed by atoms with E-state index in [4.69, 9.17) is 5.11 Å². The van der Waals surface area contributed by atoms with E-state index in [2.05, 4.69) is 17.4 Å². The van der Waals surface area contributed by atoms with E-state index in [0.29, 0.717) is 18.3 Å². The molecule has 0 aliphatic heterocycles. The molecule has 0 aromatic heterocycles. The number of nitrogens with one attached hydrogen (secondary N) is 1. The van der Waals surface area contributed by atoms with Crippen molar-refractivity contribution in [3.05, 3.63) is 35.9 Å². The third-order valence-corrected chi connectivity index (χ3v) is 3.73. The van der Waals surface area contributed by atoms with Gasteiger partial charge < -0.3 is 10.4 Å². The molecule has 1 aromatic carbocycles. The Morgan fingerprint density at radius 3 is 2.53 bits per heavy atom. The minimum Gasteiger partial charge on any atom is -0.480 e. The fourth-order valence-corrected chi connectivity index (χ4v) is 2.52. The Bertz CT molecular complexity index is 452. The molecular weight excluding hydrogens is 242 g/mol. The molecule has 1 atom stereocenters. The third-order valence-electron chi connectivity index (χ3n) is 3.73. The van der Waals surface area contributed by atoms with Gasteiger partial charge in [0, 0.05) is 6.42 Å². The predicted octanol–water partition coefficient (Wildman–Crippen LogP) is 2.16. The summed E-state index contributed by atoms with van der Waals surface area (Å²) in [6.45, 7) is 1.48. The minimum atomic E-state index is -0.996. The standard InChI is InChI=1S/C15H19NO3/c1-10(15(18)19)16-14(17)9-11-7-13(8-11)12-5-3-2-4-6-12/h2-6,10-11,13H,7-9H2,1H3,(H,16,17)(H,18,19)/t10-,11?,13?/m0/s1. The van der Waals surface area contributed by atoms with E-state index < -0.39 is 12.0 Å². The lowest BCUT2D eigenvalue weighted by Gasteiger charge is -2.35. The first-order valence-corrected chi connectivity index (χ1v) is 6.63. The lowest BCUT2D eigenvalue weighted by atomic mass is 9.70. The van der Waals surface area contributed by atoms with E-state index in [1.54, 1.807) is 0 Å². The smallest absolute Gasteiger partial charge is 0.325 e. The van der Waals surface area contributed by atoms with Gasteiger partial charge in [-0.25, -0.2) is 0 Å². The molecule has 4 heteroatoms. The van der Waals surface area contributed by atoms with Crippen LogP contribution in [0.3, 0.4) is 0 Å². The average molecular weight is 261 g/mol. The SMILES string of the molecule is C[C@H](NC(=O)CC1CC(c2ccccc2)C1)C(=O)O. The highest BCUT2D eigenvalue weighted by atomic mass is 16.4. The van der Waals surface area contributed by atoms with E-state index in [9.17, 15) is 9.59 Å². The Labute approximate surface area is 112 Å². The molecule has 1 aromatic rings. The Kier molecular flexibility index (Phi) is 4.20. The summed E-state index contributed by atoms with van der Waals surface area (Å²) in [6, 6.07) is 9.49. The number of rotatable bonds is 5. The summed E-state index contributed by atoms with van der Waals surface area (Å²) < 4.78 is 0. The van der Waals surface area contributed by atoms with Crippen LogP contribution in [-0.2, 0) is 9.59 Å². The number of amides is 1. The van der Waals surface area contributed by atoms with Gasteiger partial charge in [-0.05, 0) is 37.2 Å². The van der Waals surface area contributed by atoms with Crippen molar-refractivity contribution in [2.45, 2.75) is 38.1 Å². The Hall–Kier alpha value is -1.84. The fourth-order valence-electron chi connectivity index (χ4n) is 2.52. The van der Waals surface area contributed by atoms with Gasteiger partial charge in [-0.3, -0.25) is 9.59 Å². The Morgan fingerprint density at radius 2 is 1.95 bits per heavy atom. The molecule has 0 radical (unpaired) electrons. The van der Waals surface area contributed by atoms with Gasteiger partial charge >= 0.3 is 5.97 Å². The van der Waals surface area contributed by atoms with Gasteiger partial charge in [0.1, 0.15) is 6.04 Å². The monoisotopic (exact) mass is 261 g/mol. The molecule has 1 aliphatic rings. The van der Waals surface area contributed by atoms with Gasteiger partial charge in [-0.15, -0.1) is 0 Å². The molecule has 0 heterocycles. The highest BCUT2D eigenvalue weighted by molar-refractivity contribution is 5.83. The van der Waals surface area contributed by atoms with E-state index in [-0.39, 0.29) is 5.91 Å². The van der Waals surface area contributed by atoms with Crippen LogP contribution in [0.5, 0.6) is 0 Å². The minimum absolute atomic E-state index is 0.161. The zero-order valence-corrected chi connectivity index (χ0v) is 11.0. The number of aliphatic carboxylic acids is 1. The highest BCUT2D eigenvalue weighted by Gasteiger charge is 2.31. The number of carbonyl (C=O) groups excluding carboxylic acids is 1. The lowest BCUT2D eigenvalue weighted by Crippen LogP contribution is -2.40. The number of hydrogen-bond acceptors (Lipinski definition) is 2. The molecule has 0 bridgehead atoms. The second-order valence-corrected chi connectivity index (χ2v) is 5.28. The van der Waals surface area contributed by atoms with Crippen LogP contribution >= 0.6 is 0 Å². The summed E-state index contributed by atoms with van der Waals surface area (Å²) in [6.07, 6.45) is 2.46. The van der Waals surface area contributed by atoms with Crippen molar-refractivity contribution in [3.8, 4) is 0 Å². The number of carbonyl (C=O) groups is 2. The van der Waals surface area contributed by atoms with Crippen molar-refractivity contribution < 1.29 is 14.7 Å². The van der Waals surface area contributed by atoms with Crippen LogP contribution in [0.25, 0.3) is 0 Å². The van der Waals surface area contributed by atoms with Crippen molar-refractivity contribution in [1.82, 2.24) is 5.32 Å². The number of hydrogen-bond donors (Lipinski definition) is 2. The number of carboxylic acid groups (broad SMARTS) is 1. The van der Waals surface area contributed by atoms with E-state index >= 15 is 0 Å². The van der Waals surface area contributed by atoms with Crippen molar-refractivity contribution in [2.75, 3.05) is 0 Å². The molecule has 0 unspecified atom stereocenters. The molecule has 1 saturated carbocycles. The lowest BCUT2D eigenvalue weighted by molar-refractivity contribution is -0.141. The maximum Gasteiger partial charge on any atom is 0.325 e. The molecule has 0 spiro atoms. The summed E-state index contributed by atoms with van der Waals surface area (Å²) in [4.78, 5) is 22.3. The molecule has 0 saturated heterocycles. The topological polar surface area (TPSA) is 66.4 Å². The van der Waals surface area contributed by atoms with Crippen LogP contribution in [0, 0.1) is 5.92 Å². The molecule has 1 amide bonds. The second-order valence-electron chi connectivity index (χ2n) is 5.28. The van der Waals surface area contributed by atoms with Gasteiger partial charge in [0.05, 0.1) is 0 Å². The zero-order chi connectivity index (χ0) is 13.8. The second kappa shape index (κ2) is 5.87. The predicted molar refractivity (Wildman–Crippen MR) is 71.8 cm³/mol. The van der Waals surface area contributed by atoms with E-state index in [1.807, 2.05) is 18.2 Å². The summed E-state index contributed by atoms with van der Waals surface area (Å²) in [7, 11) is 0. The molecule has 1 fully saturated rings. The quantitative estimate of drug-likeness (QED) is 0.853. The maximum atomic E-state index is 11.6. The first kappa shape index (κ1) is 13.6. The maximum absolute atomic E-state index is 11.6. The Morgan fingerprint density at radius 1 is 1.32 bits per heavy atom. The summed E-state index contributed by atoms with van der Waals surface area (Å²) in [5.74, 6) is -0.224. The number of carboxylic acids is 1. The molecule has 2 N–H and O–H groups in total.